The van der Waals surface area contributed by atoms with Gasteiger partial charge in [0.05, 0.1) is 11.3 Å². The Bertz CT molecular complexity index is 510. The number of hydrogen-bond donors (Lipinski definition) is 1. The number of rotatable bonds is 4. The standard InChI is InChI=1S/C14H17NO4/c1-3-4-12(17)10-5-6-11(15-9(2)16)14-13(10)18-7-8-19-14/h5-6H,3-4,7-8H2,1-2H3,(H,15,16). The number of carbonyl (C=O) groups is 2. The van der Waals surface area contributed by atoms with Crippen LogP contribution in [0.25, 0.3) is 0 Å². The van der Waals surface area contributed by atoms with E-state index in [9.17, 15) is 9.59 Å². The maximum Gasteiger partial charge on any atom is 0.221 e. The van der Waals surface area contributed by atoms with E-state index < -0.39 is 0 Å². The summed E-state index contributed by atoms with van der Waals surface area (Å²) in [7, 11) is 0. The lowest BCUT2D eigenvalue weighted by atomic mass is 10.0. The molecule has 1 heterocycles. The summed E-state index contributed by atoms with van der Waals surface area (Å²) in [4.78, 5) is 23.2. The fraction of sp³-hybridized carbons (Fsp3) is 0.429. The van der Waals surface area contributed by atoms with Gasteiger partial charge in [0, 0.05) is 13.3 Å². The molecule has 2 rings (SSSR count). The first kappa shape index (κ1) is 13.4. The first-order valence-corrected chi connectivity index (χ1v) is 6.37. The zero-order valence-electron chi connectivity index (χ0n) is 11.1. The van der Waals surface area contributed by atoms with Gasteiger partial charge in [0.2, 0.25) is 5.91 Å². The third-order valence-electron chi connectivity index (χ3n) is 2.78. The molecule has 0 unspecified atom stereocenters. The van der Waals surface area contributed by atoms with Gasteiger partial charge >= 0.3 is 0 Å². The lowest BCUT2D eigenvalue weighted by Crippen LogP contribution is -2.20. The minimum Gasteiger partial charge on any atom is -0.485 e. The third-order valence-corrected chi connectivity index (χ3v) is 2.78. The number of ketones is 1. The first-order chi connectivity index (χ1) is 9.13. The van der Waals surface area contributed by atoms with Crippen molar-refractivity contribution in [2.45, 2.75) is 26.7 Å². The zero-order chi connectivity index (χ0) is 13.8. The van der Waals surface area contributed by atoms with E-state index in [-0.39, 0.29) is 11.7 Å². The fourth-order valence-electron chi connectivity index (χ4n) is 2.01. The Morgan fingerprint density at radius 3 is 2.53 bits per heavy atom. The Labute approximate surface area is 111 Å². The molecule has 1 N–H and O–H groups in total. The molecule has 5 nitrogen and oxygen atoms in total. The molecule has 102 valence electrons. The van der Waals surface area contributed by atoms with Gasteiger partial charge in [-0.25, -0.2) is 0 Å². The molecule has 1 amide bonds. The maximum atomic E-state index is 12.0. The van der Waals surface area contributed by atoms with Crippen molar-refractivity contribution in [2.75, 3.05) is 18.5 Å². The summed E-state index contributed by atoms with van der Waals surface area (Å²) in [5.41, 5.74) is 1.06. The second kappa shape index (κ2) is 5.73. The van der Waals surface area contributed by atoms with Crippen LogP contribution in [0.15, 0.2) is 12.1 Å². The van der Waals surface area contributed by atoms with Gasteiger partial charge in [-0.1, -0.05) is 6.92 Å². The summed E-state index contributed by atoms with van der Waals surface area (Å²) in [5, 5.41) is 2.68. The third kappa shape index (κ3) is 2.86. The molecule has 0 bridgehead atoms. The number of hydrogen-bond acceptors (Lipinski definition) is 4. The van der Waals surface area contributed by atoms with Crippen LogP contribution in [0.2, 0.25) is 0 Å². The average molecular weight is 263 g/mol. The van der Waals surface area contributed by atoms with Crippen LogP contribution in [0.3, 0.4) is 0 Å². The molecule has 0 aromatic heterocycles. The van der Waals surface area contributed by atoms with Crippen LogP contribution in [-0.4, -0.2) is 24.9 Å². The molecule has 5 heteroatoms. The van der Waals surface area contributed by atoms with Crippen LogP contribution in [0.5, 0.6) is 11.5 Å². The van der Waals surface area contributed by atoms with E-state index in [1.165, 1.54) is 6.92 Å². The average Bonchev–Trinajstić information content (AvgIpc) is 2.38. The predicted molar refractivity (Wildman–Crippen MR) is 71.0 cm³/mol. The Kier molecular flexibility index (Phi) is 4.04. The summed E-state index contributed by atoms with van der Waals surface area (Å²) in [5.74, 6) is 0.724. The summed E-state index contributed by atoms with van der Waals surface area (Å²) in [6.07, 6.45) is 1.25. The summed E-state index contributed by atoms with van der Waals surface area (Å²) in [6, 6.07) is 3.36. The molecule has 1 aromatic carbocycles. The van der Waals surface area contributed by atoms with Crippen LogP contribution in [0, 0.1) is 0 Å². The summed E-state index contributed by atoms with van der Waals surface area (Å²) >= 11 is 0. The molecule has 1 aliphatic heterocycles. The van der Waals surface area contributed by atoms with E-state index in [2.05, 4.69) is 5.32 Å². The topological polar surface area (TPSA) is 64.6 Å². The Hall–Kier alpha value is -2.04. The largest absolute Gasteiger partial charge is 0.485 e. The number of carbonyl (C=O) groups excluding carboxylic acids is 2. The van der Waals surface area contributed by atoms with Crippen molar-refractivity contribution in [3.05, 3.63) is 17.7 Å². The highest BCUT2D eigenvalue weighted by Gasteiger charge is 2.23. The van der Waals surface area contributed by atoms with Gasteiger partial charge in [-0.3, -0.25) is 9.59 Å². The normalized spacial score (nSPS) is 12.9. The lowest BCUT2D eigenvalue weighted by Gasteiger charge is -2.23. The minimum absolute atomic E-state index is 0.0265. The highest BCUT2D eigenvalue weighted by Crippen LogP contribution is 2.41. The molecule has 0 atom stereocenters. The van der Waals surface area contributed by atoms with Gasteiger partial charge in [-0.05, 0) is 18.6 Å². The zero-order valence-corrected chi connectivity index (χ0v) is 11.1. The smallest absolute Gasteiger partial charge is 0.221 e. The van der Waals surface area contributed by atoms with Crippen LogP contribution in [-0.2, 0) is 4.79 Å². The van der Waals surface area contributed by atoms with Crippen LogP contribution >= 0.6 is 0 Å². The fourth-order valence-corrected chi connectivity index (χ4v) is 2.01. The Morgan fingerprint density at radius 1 is 1.21 bits per heavy atom. The van der Waals surface area contributed by atoms with Gasteiger partial charge in [0.25, 0.3) is 0 Å². The van der Waals surface area contributed by atoms with Gasteiger partial charge in [-0.15, -0.1) is 0 Å². The van der Waals surface area contributed by atoms with E-state index in [0.717, 1.165) is 6.42 Å². The molecular formula is C14H17NO4. The molecule has 19 heavy (non-hydrogen) atoms. The molecule has 0 aliphatic carbocycles. The van der Waals surface area contributed by atoms with Crippen molar-refractivity contribution < 1.29 is 19.1 Å². The molecular weight excluding hydrogens is 246 g/mol. The quantitative estimate of drug-likeness (QED) is 0.847. The lowest BCUT2D eigenvalue weighted by molar-refractivity contribution is -0.114. The number of nitrogens with one attached hydrogen (secondary N) is 1. The second-order valence-electron chi connectivity index (χ2n) is 4.37. The van der Waals surface area contributed by atoms with Crippen molar-refractivity contribution in [1.82, 2.24) is 0 Å². The number of Topliss-reactive ketones (excluding diaryl/α,β-unsaturated/α-hetero) is 1. The number of benzene rings is 1. The number of fused-ring (bicyclic) bond motifs is 1. The first-order valence-electron chi connectivity index (χ1n) is 6.37. The molecule has 0 saturated heterocycles. The van der Waals surface area contributed by atoms with Crippen molar-refractivity contribution in [1.29, 1.82) is 0 Å². The molecule has 0 saturated carbocycles. The summed E-state index contributed by atoms with van der Waals surface area (Å²) < 4.78 is 11.1. The monoisotopic (exact) mass is 263 g/mol. The van der Waals surface area contributed by atoms with Crippen molar-refractivity contribution >= 4 is 17.4 Å². The highest BCUT2D eigenvalue weighted by molar-refractivity contribution is 6.01. The predicted octanol–water partition coefficient (Wildman–Crippen LogP) is 2.40. The van der Waals surface area contributed by atoms with E-state index >= 15 is 0 Å². The van der Waals surface area contributed by atoms with Crippen LogP contribution in [0.4, 0.5) is 5.69 Å². The van der Waals surface area contributed by atoms with Gasteiger partial charge in [-0.2, -0.15) is 0 Å². The van der Waals surface area contributed by atoms with Crippen molar-refractivity contribution in [3.8, 4) is 11.5 Å². The van der Waals surface area contributed by atoms with Crippen molar-refractivity contribution in [3.63, 3.8) is 0 Å². The second-order valence-corrected chi connectivity index (χ2v) is 4.37. The van der Waals surface area contributed by atoms with Crippen LogP contribution < -0.4 is 14.8 Å². The van der Waals surface area contributed by atoms with E-state index in [0.29, 0.717) is 42.4 Å². The maximum absolute atomic E-state index is 12.0. The molecule has 0 radical (unpaired) electrons. The van der Waals surface area contributed by atoms with E-state index in [1.807, 2.05) is 6.92 Å². The highest BCUT2D eigenvalue weighted by atomic mass is 16.6. The van der Waals surface area contributed by atoms with Gasteiger partial charge in [0.15, 0.2) is 17.3 Å². The molecule has 1 aliphatic rings. The number of anilines is 1. The Morgan fingerprint density at radius 2 is 1.89 bits per heavy atom. The van der Waals surface area contributed by atoms with Gasteiger partial charge in [0.1, 0.15) is 13.2 Å². The van der Waals surface area contributed by atoms with E-state index in [1.54, 1.807) is 12.1 Å². The molecule has 0 fully saturated rings. The van der Waals surface area contributed by atoms with Crippen molar-refractivity contribution in [2.24, 2.45) is 0 Å². The van der Waals surface area contributed by atoms with Crippen LogP contribution in [0.1, 0.15) is 37.0 Å². The van der Waals surface area contributed by atoms with E-state index in [4.69, 9.17) is 9.47 Å². The Balaban J connectivity index is 2.42. The minimum atomic E-state index is -0.191. The molecule has 0 spiro atoms. The number of amides is 1. The molecule has 1 aromatic rings. The van der Waals surface area contributed by atoms with Gasteiger partial charge < -0.3 is 14.8 Å². The number of ether oxygens (including phenoxy) is 2. The summed E-state index contributed by atoms with van der Waals surface area (Å²) in [6.45, 7) is 4.19. The SMILES string of the molecule is CCCC(=O)c1ccc(NC(C)=O)c2c1OCCO2.